The van der Waals surface area contributed by atoms with Crippen molar-refractivity contribution in [2.75, 3.05) is 0 Å². The van der Waals surface area contributed by atoms with Crippen LogP contribution in [-0.2, 0) is 6.54 Å². The van der Waals surface area contributed by atoms with Gasteiger partial charge in [-0.05, 0) is 48.0 Å². The number of aromatic nitrogens is 2. The van der Waals surface area contributed by atoms with Gasteiger partial charge in [-0.25, -0.2) is 4.98 Å². The van der Waals surface area contributed by atoms with Crippen LogP contribution in [0.25, 0.3) is 26.4 Å². The maximum Gasteiger partial charge on any atom is 0.251 e. The van der Waals surface area contributed by atoms with Crippen molar-refractivity contribution >= 4 is 55.6 Å². The fraction of sp³-hybridized carbons (Fsp3) is 0.0435. The van der Waals surface area contributed by atoms with Crippen molar-refractivity contribution < 1.29 is 4.79 Å². The van der Waals surface area contributed by atoms with E-state index in [0.717, 1.165) is 32.0 Å². The molecule has 7 heteroatoms. The Morgan fingerprint density at radius 1 is 1.00 bits per heavy atom. The first-order chi connectivity index (χ1) is 14.6. The molecule has 2 heterocycles. The molecule has 2 aromatic heterocycles. The van der Waals surface area contributed by atoms with Gasteiger partial charge < -0.3 is 5.32 Å². The van der Waals surface area contributed by atoms with Gasteiger partial charge in [-0.3, -0.25) is 9.20 Å². The zero-order chi connectivity index (χ0) is 20.7. The van der Waals surface area contributed by atoms with Gasteiger partial charge in [-0.15, -0.1) is 0 Å². The number of nitrogens with one attached hydrogen (secondary N) is 1. The highest BCUT2D eigenvalue weighted by Crippen LogP contribution is 2.30. The van der Waals surface area contributed by atoms with E-state index >= 15 is 0 Å². The first kappa shape index (κ1) is 19.1. The second-order valence-electron chi connectivity index (χ2n) is 6.88. The van der Waals surface area contributed by atoms with Crippen molar-refractivity contribution in [1.82, 2.24) is 14.7 Å². The van der Waals surface area contributed by atoms with Crippen LogP contribution < -0.4 is 5.32 Å². The molecule has 0 saturated carbocycles. The summed E-state index contributed by atoms with van der Waals surface area (Å²) in [7, 11) is 0. The predicted molar refractivity (Wildman–Crippen MR) is 124 cm³/mol. The minimum atomic E-state index is -0.121. The number of benzene rings is 3. The van der Waals surface area contributed by atoms with E-state index in [0.29, 0.717) is 22.2 Å². The van der Waals surface area contributed by atoms with Crippen LogP contribution in [0.1, 0.15) is 15.9 Å². The lowest BCUT2D eigenvalue weighted by molar-refractivity contribution is 0.0951. The summed E-state index contributed by atoms with van der Waals surface area (Å²) in [5.41, 5.74) is 4.51. The lowest BCUT2D eigenvalue weighted by Gasteiger charge is -2.06. The molecule has 3 aromatic carbocycles. The zero-order valence-corrected chi connectivity index (χ0v) is 17.9. The second kappa shape index (κ2) is 7.76. The molecule has 0 spiro atoms. The lowest BCUT2D eigenvalue weighted by Crippen LogP contribution is -2.22. The van der Waals surface area contributed by atoms with Gasteiger partial charge in [0, 0.05) is 33.9 Å². The van der Waals surface area contributed by atoms with Crippen molar-refractivity contribution in [2.45, 2.75) is 6.54 Å². The number of nitrogens with zero attached hydrogens (tertiary/aromatic N) is 2. The lowest BCUT2D eigenvalue weighted by atomic mass is 10.1. The molecule has 1 N–H and O–H groups in total. The summed E-state index contributed by atoms with van der Waals surface area (Å²) in [5.74, 6) is -0.121. The number of thiazole rings is 1. The number of carbonyl (C=O) groups is 1. The highest BCUT2D eigenvalue weighted by atomic mass is 35.5. The van der Waals surface area contributed by atoms with Crippen molar-refractivity contribution in [2.24, 2.45) is 0 Å². The first-order valence-electron chi connectivity index (χ1n) is 9.27. The number of amides is 1. The molecule has 0 aliphatic carbocycles. The molecule has 0 saturated heterocycles. The summed E-state index contributed by atoms with van der Waals surface area (Å²) >= 11 is 13.5. The van der Waals surface area contributed by atoms with Gasteiger partial charge in [-0.1, -0.05) is 58.8 Å². The molecule has 0 aliphatic rings. The normalized spacial score (nSPS) is 11.3. The van der Waals surface area contributed by atoms with E-state index < -0.39 is 0 Å². The summed E-state index contributed by atoms with van der Waals surface area (Å²) in [4.78, 5) is 18.2. The van der Waals surface area contributed by atoms with Crippen molar-refractivity contribution in [3.63, 3.8) is 0 Å². The molecule has 0 fully saturated rings. The number of hydrogen-bond donors (Lipinski definition) is 1. The maximum atomic E-state index is 12.6. The quantitative estimate of drug-likeness (QED) is 0.341. The summed E-state index contributed by atoms with van der Waals surface area (Å²) in [5, 5.41) is 4.30. The third kappa shape index (κ3) is 3.67. The Labute approximate surface area is 186 Å². The molecule has 5 rings (SSSR count). The fourth-order valence-corrected chi connectivity index (χ4v) is 4.72. The largest absolute Gasteiger partial charge is 0.348 e. The van der Waals surface area contributed by atoms with Crippen LogP contribution in [0.5, 0.6) is 0 Å². The molecule has 1 amide bonds. The summed E-state index contributed by atoms with van der Waals surface area (Å²) in [6, 6.07) is 20.8. The minimum absolute atomic E-state index is 0.121. The van der Waals surface area contributed by atoms with Gasteiger partial charge in [0.15, 0.2) is 4.96 Å². The van der Waals surface area contributed by atoms with Crippen molar-refractivity contribution in [1.29, 1.82) is 0 Å². The molecule has 0 aliphatic heterocycles. The minimum Gasteiger partial charge on any atom is -0.348 e. The molecule has 4 nitrogen and oxygen atoms in total. The smallest absolute Gasteiger partial charge is 0.251 e. The SMILES string of the molecule is O=C(NCc1cccc(Cl)c1)c1ccc2c(c1)sc1nc(-c3ccc(Cl)cc3)cn12. The Bertz CT molecular complexity index is 1390. The second-order valence-corrected chi connectivity index (χ2v) is 8.76. The van der Waals surface area contributed by atoms with E-state index in [-0.39, 0.29) is 5.91 Å². The molecule has 0 atom stereocenters. The molecule has 0 bridgehead atoms. The van der Waals surface area contributed by atoms with E-state index in [1.165, 1.54) is 0 Å². The van der Waals surface area contributed by atoms with Gasteiger partial charge in [0.1, 0.15) is 0 Å². The molecule has 5 aromatic rings. The number of fused-ring (bicyclic) bond motifs is 3. The number of halogens is 2. The van der Waals surface area contributed by atoms with Gasteiger partial charge in [0.05, 0.1) is 15.9 Å². The highest BCUT2D eigenvalue weighted by Gasteiger charge is 2.13. The van der Waals surface area contributed by atoms with Gasteiger partial charge >= 0.3 is 0 Å². The van der Waals surface area contributed by atoms with Crippen LogP contribution in [0, 0.1) is 0 Å². The Kier molecular flexibility index (Phi) is 4.95. The Hall–Kier alpha value is -2.86. The maximum absolute atomic E-state index is 12.6. The molecule has 148 valence electrons. The zero-order valence-electron chi connectivity index (χ0n) is 15.6. The molecular formula is C23H15Cl2N3OS. The summed E-state index contributed by atoms with van der Waals surface area (Å²) in [6.45, 7) is 0.426. The van der Waals surface area contributed by atoms with Crippen LogP contribution in [0.4, 0.5) is 0 Å². The number of imidazole rings is 1. The Balaban J connectivity index is 1.40. The number of carbonyl (C=O) groups excluding carboxylic acids is 1. The van der Waals surface area contributed by atoms with Crippen LogP contribution in [0.2, 0.25) is 10.0 Å². The number of hydrogen-bond acceptors (Lipinski definition) is 3. The molecule has 0 radical (unpaired) electrons. The third-order valence-corrected chi connectivity index (χ3v) is 6.34. The molecule has 30 heavy (non-hydrogen) atoms. The van der Waals surface area contributed by atoms with Gasteiger partial charge in [-0.2, -0.15) is 0 Å². The first-order valence-corrected chi connectivity index (χ1v) is 10.8. The third-order valence-electron chi connectivity index (χ3n) is 4.84. The van der Waals surface area contributed by atoms with E-state index in [1.807, 2.05) is 72.9 Å². The van der Waals surface area contributed by atoms with E-state index in [2.05, 4.69) is 9.72 Å². The Morgan fingerprint density at radius 3 is 2.63 bits per heavy atom. The molecular weight excluding hydrogens is 437 g/mol. The fourth-order valence-electron chi connectivity index (χ4n) is 3.33. The van der Waals surface area contributed by atoms with Crippen LogP contribution in [-0.4, -0.2) is 15.3 Å². The van der Waals surface area contributed by atoms with Crippen molar-refractivity contribution in [3.8, 4) is 11.3 Å². The average Bonchev–Trinajstić information content (AvgIpc) is 3.30. The monoisotopic (exact) mass is 451 g/mol. The average molecular weight is 452 g/mol. The van der Waals surface area contributed by atoms with Gasteiger partial charge in [0.25, 0.3) is 5.91 Å². The molecule has 0 unspecified atom stereocenters. The van der Waals surface area contributed by atoms with E-state index in [4.69, 9.17) is 28.2 Å². The topological polar surface area (TPSA) is 46.4 Å². The standard InChI is InChI=1S/C23H15Cl2N3OS/c24-17-7-4-15(5-8-17)19-13-28-20-9-6-16(11-21(20)30-23(28)27-19)22(29)26-12-14-2-1-3-18(25)10-14/h1-11,13H,12H2,(H,26,29). The number of rotatable bonds is 4. The van der Waals surface area contributed by atoms with Gasteiger partial charge in [0.2, 0.25) is 0 Å². The highest BCUT2D eigenvalue weighted by molar-refractivity contribution is 7.23. The van der Waals surface area contributed by atoms with Crippen molar-refractivity contribution in [3.05, 3.63) is 94.1 Å². The predicted octanol–water partition coefficient (Wildman–Crippen LogP) is 6.45. The van der Waals surface area contributed by atoms with Crippen LogP contribution in [0.3, 0.4) is 0 Å². The Morgan fingerprint density at radius 2 is 1.83 bits per heavy atom. The summed E-state index contributed by atoms with van der Waals surface area (Å²) < 4.78 is 3.06. The summed E-state index contributed by atoms with van der Waals surface area (Å²) in [6.07, 6.45) is 2.01. The van der Waals surface area contributed by atoms with E-state index in [9.17, 15) is 4.79 Å². The van der Waals surface area contributed by atoms with Crippen LogP contribution >= 0.6 is 34.5 Å². The van der Waals surface area contributed by atoms with Crippen LogP contribution in [0.15, 0.2) is 72.9 Å². The van der Waals surface area contributed by atoms with E-state index in [1.54, 1.807) is 11.3 Å².